The van der Waals surface area contributed by atoms with Crippen LogP contribution < -0.4 is 0 Å². The van der Waals surface area contributed by atoms with Crippen LogP contribution in [-0.4, -0.2) is 0 Å². The lowest BCUT2D eigenvalue weighted by molar-refractivity contribution is 0.669. The first kappa shape index (κ1) is 11.3. The molecule has 1 aliphatic carbocycles. The largest absolute Gasteiger partial charge is 0.456 e. The van der Waals surface area contributed by atoms with Gasteiger partial charge in [0.1, 0.15) is 11.2 Å². The van der Waals surface area contributed by atoms with E-state index in [1.54, 1.807) is 0 Å². The average molecular weight is 681 g/mol. The third-order valence-corrected chi connectivity index (χ3v) is 8.70. The van der Waals surface area contributed by atoms with Crippen molar-refractivity contribution in [3.8, 4) is 44.5 Å². The van der Waals surface area contributed by atoms with E-state index < -0.39 is 292 Å². The first-order valence-electron chi connectivity index (χ1n) is 31.2. The zero-order chi connectivity index (χ0) is 61.4. The molecular formula is C50H32O. The first-order chi connectivity index (χ1) is 38.5. The normalized spacial score (nSPS) is 24.3. The number of furan rings is 1. The standard InChI is InChI=1S/C50H32O/c1-30-36-16-4-5-17-38(36)44-27-34(24-25-37(30)44)31-14-10-15-35(26-31)48-39-18-6-8-20-41(39)49(42-21-9-7-19-40(42)48)43-22-11-23-46-50(43)45-28-32-12-2-3-13-33(32)29-47(45)51-46/h2-30H,1H3/i1D3,2D,3D,4D,5D,6D,7D,8D,9D,10D,11D,12D,13D,14D,15D,16D,17D,18D,19D,20D,21D,22D,23D,24D,25D,26D,27D,28D,29D,30D. The van der Waals surface area contributed by atoms with E-state index in [0.29, 0.717) is 0 Å². The maximum Gasteiger partial charge on any atom is 0.136 e. The summed E-state index contributed by atoms with van der Waals surface area (Å²) in [6, 6.07) is -28.5. The number of benzene rings is 9. The molecule has 51 heavy (non-hydrogen) atoms. The van der Waals surface area contributed by atoms with Crippen molar-refractivity contribution >= 4 is 54.3 Å². The Morgan fingerprint density at radius 3 is 1.84 bits per heavy atom. The Bertz CT molecular complexity index is 4740. The highest BCUT2D eigenvalue weighted by atomic mass is 16.3. The van der Waals surface area contributed by atoms with Crippen molar-refractivity contribution in [3.05, 3.63) is 180 Å². The van der Waals surface area contributed by atoms with Gasteiger partial charge in [0.2, 0.25) is 0 Å². The number of hydrogen-bond acceptors (Lipinski definition) is 1. The molecule has 1 heterocycles. The van der Waals surface area contributed by atoms with Crippen molar-refractivity contribution in [2.75, 3.05) is 0 Å². The molecular weight excluding hydrogens is 617 g/mol. The fourth-order valence-corrected chi connectivity index (χ4v) is 6.54. The van der Waals surface area contributed by atoms with E-state index in [-0.39, 0.29) is 0 Å². The summed E-state index contributed by atoms with van der Waals surface area (Å²) < 4.78 is 297. The van der Waals surface area contributed by atoms with Gasteiger partial charge in [-0.1, -0.05) is 146 Å². The van der Waals surface area contributed by atoms with Gasteiger partial charge >= 0.3 is 0 Å². The first-order valence-corrected chi connectivity index (χ1v) is 15.2. The van der Waals surface area contributed by atoms with Crippen LogP contribution in [0.5, 0.6) is 0 Å². The highest BCUT2D eigenvalue weighted by molar-refractivity contribution is 6.26. The Balaban J connectivity index is 1.40. The molecule has 0 N–H and O–H groups in total. The Labute approximate surface area is 341 Å². The van der Waals surface area contributed by atoms with Crippen LogP contribution in [0.1, 0.15) is 67.7 Å². The van der Waals surface area contributed by atoms with Gasteiger partial charge in [0.15, 0.2) is 0 Å². The smallest absolute Gasteiger partial charge is 0.136 e. The molecule has 1 atom stereocenters. The third kappa shape index (κ3) is 4.16. The SMILES string of the molecule is [2H]c1c([2H])c(-c2c([2H])c([2H])c3c(c2[2H])-c2c([2H])c([2H])c([2H])c([2H])c2C3([2H])C([2H])([2H])[2H])c([2H])c(-c2c3c([2H])c([2H])c([2H])c([2H])c3c(-c3c([2H])c([2H])c([2H])c4oc5c([2H])c6c([2H])c([2H])c([2H])c([2H])c6c([2H])c5c34)c3c([2H])c([2H])c([2H])c([2H])c23)c1[2H]. The minimum Gasteiger partial charge on any atom is -0.456 e. The van der Waals surface area contributed by atoms with E-state index in [1.165, 1.54) is 0 Å². The number of rotatable bonds is 3. The summed E-state index contributed by atoms with van der Waals surface area (Å²) in [4.78, 5) is 0. The molecule has 0 fully saturated rings. The molecule has 11 rings (SSSR count). The van der Waals surface area contributed by atoms with E-state index >= 15 is 0 Å². The summed E-state index contributed by atoms with van der Waals surface area (Å²) in [7, 11) is 0. The van der Waals surface area contributed by atoms with E-state index in [1.807, 2.05) is 0 Å². The van der Waals surface area contributed by atoms with Crippen molar-refractivity contribution in [2.24, 2.45) is 0 Å². The van der Waals surface area contributed by atoms with E-state index in [2.05, 4.69) is 0 Å². The van der Waals surface area contributed by atoms with Gasteiger partial charge in [-0.05, 0) is 118 Å². The number of fused-ring (bicyclic) bond motifs is 9. The molecule has 238 valence electrons. The van der Waals surface area contributed by atoms with Crippen LogP contribution in [-0.2, 0) is 0 Å². The fourth-order valence-electron chi connectivity index (χ4n) is 6.54. The summed E-state index contributed by atoms with van der Waals surface area (Å²) >= 11 is 0. The summed E-state index contributed by atoms with van der Waals surface area (Å²) in [5.74, 6) is -3.26. The van der Waals surface area contributed by atoms with Crippen LogP contribution in [0.2, 0.25) is 0 Å². The van der Waals surface area contributed by atoms with Crippen molar-refractivity contribution in [3.63, 3.8) is 0 Å². The monoisotopic (exact) mass is 680 g/mol. The molecule has 1 unspecified atom stereocenters. The summed E-state index contributed by atoms with van der Waals surface area (Å²) in [5.41, 5.74) is -10.1. The highest BCUT2D eigenvalue weighted by Gasteiger charge is 2.25. The Kier molecular flexibility index (Phi) is 2.38. The zero-order valence-electron chi connectivity index (χ0n) is 57.4. The fraction of sp³-hybridized carbons (Fsp3) is 0.0400. The van der Waals surface area contributed by atoms with E-state index in [9.17, 15) is 20.6 Å². The maximum atomic E-state index is 10.00. The maximum absolute atomic E-state index is 10.00. The lowest BCUT2D eigenvalue weighted by atomic mass is 9.84. The van der Waals surface area contributed by atoms with Gasteiger partial charge in [0.25, 0.3) is 0 Å². The lowest BCUT2D eigenvalue weighted by Crippen LogP contribution is -1.92. The van der Waals surface area contributed by atoms with Crippen molar-refractivity contribution in [1.29, 1.82) is 0 Å². The van der Waals surface area contributed by atoms with Gasteiger partial charge < -0.3 is 4.42 Å². The van der Waals surface area contributed by atoms with Crippen molar-refractivity contribution < 1.29 is 48.3 Å². The molecule has 0 bridgehead atoms. The van der Waals surface area contributed by atoms with Crippen molar-refractivity contribution in [2.45, 2.75) is 12.7 Å². The third-order valence-electron chi connectivity index (χ3n) is 8.70. The summed E-state index contributed by atoms with van der Waals surface area (Å²) in [6.07, 6.45) is 0. The Morgan fingerprint density at radius 2 is 1.06 bits per heavy atom. The van der Waals surface area contributed by atoms with Gasteiger partial charge in [-0.3, -0.25) is 0 Å². The predicted molar refractivity (Wildman–Crippen MR) is 215 cm³/mol. The molecule has 0 saturated carbocycles. The molecule has 0 saturated heterocycles. The molecule has 1 aliphatic rings. The Morgan fingerprint density at radius 1 is 0.451 bits per heavy atom. The topological polar surface area (TPSA) is 13.1 Å². The van der Waals surface area contributed by atoms with Gasteiger partial charge in [-0.2, -0.15) is 0 Å². The minimum absolute atomic E-state index is 0.516. The van der Waals surface area contributed by atoms with Crippen LogP contribution in [0.4, 0.5) is 0 Å². The van der Waals surface area contributed by atoms with Gasteiger partial charge in [0.05, 0.1) is 38.4 Å². The molecule has 9 aromatic carbocycles. The second-order valence-corrected chi connectivity index (χ2v) is 11.4. The van der Waals surface area contributed by atoms with Gasteiger partial charge in [-0.15, -0.1) is 0 Å². The van der Waals surface area contributed by atoms with Gasteiger partial charge in [0, 0.05) is 22.1 Å². The Hall–Kier alpha value is -6.44. The zero-order valence-corrected chi connectivity index (χ0v) is 25.4. The molecule has 0 aliphatic heterocycles. The van der Waals surface area contributed by atoms with Crippen LogP contribution >= 0.6 is 0 Å². The summed E-state index contributed by atoms with van der Waals surface area (Å²) in [5, 5.41) is -5.55. The molecule has 1 heteroatoms. The second kappa shape index (κ2) is 10.8. The second-order valence-electron chi connectivity index (χ2n) is 11.4. The molecule has 0 spiro atoms. The quantitative estimate of drug-likeness (QED) is 0.169. The van der Waals surface area contributed by atoms with Crippen LogP contribution in [0, 0.1) is 0 Å². The lowest BCUT2D eigenvalue weighted by Gasteiger charge is -2.19. The van der Waals surface area contributed by atoms with Crippen molar-refractivity contribution in [1.82, 2.24) is 0 Å². The molecule has 0 radical (unpaired) electrons. The predicted octanol–water partition coefficient (Wildman–Crippen LogP) is 14.2. The highest BCUT2D eigenvalue weighted by Crippen LogP contribution is 2.49. The minimum atomic E-state index is -3.58. The molecule has 1 aromatic heterocycles. The average Bonchev–Trinajstić information content (AvgIpc) is 2.52. The molecule has 1 nitrogen and oxygen atoms in total. The molecule has 10 aromatic rings. The van der Waals surface area contributed by atoms with E-state index in [0.717, 1.165) is 0 Å². The van der Waals surface area contributed by atoms with Crippen LogP contribution in [0.25, 0.3) is 98.8 Å². The number of hydrogen-bond donors (Lipinski definition) is 0. The van der Waals surface area contributed by atoms with E-state index in [4.69, 9.17) is 27.7 Å². The van der Waals surface area contributed by atoms with Gasteiger partial charge in [-0.25, -0.2) is 0 Å². The van der Waals surface area contributed by atoms with Crippen LogP contribution in [0.3, 0.4) is 0 Å². The van der Waals surface area contributed by atoms with Crippen LogP contribution in [0.15, 0.2) is 174 Å². The summed E-state index contributed by atoms with van der Waals surface area (Å²) in [6.45, 7) is -3.58. The molecule has 0 amide bonds.